The molecule has 4 rings (SSSR count). The van der Waals surface area contributed by atoms with Crippen molar-refractivity contribution in [3.8, 4) is 5.75 Å². The van der Waals surface area contributed by atoms with Crippen molar-refractivity contribution in [1.82, 2.24) is 14.9 Å². The van der Waals surface area contributed by atoms with Crippen molar-refractivity contribution in [2.24, 2.45) is 0 Å². The van der Waals surface area contributed by atoms with Crippen molar-refractivity contribution in [1.29, 1.82) is 0 Å². The summed E-state index contributed by atoms with van der Waals surface area (Å²) in [6, 6.07) is 11.2. The lowest BCUT2D eigenvalue weighted by Crippen LogP contribution is -2.29. The molecule has 1 aliphatic rings. The minimum atomic E-state index is -0.753. The van der Waals surface area contributed by atoms with Gasteiger partial charge in [-0.2, -0.15) is 0 Å². The third-order valence-corrected chi connectivity index (χ3v) is 5.71. The second kappa shape index (κ2) is 8.69. The first-order valence-corrected chi connectivity index (χ1v) is 10.2. The van der Waals surface area contributed by atoms with Crippen molar-refractivity contribution in [3.05, 3.63) is 94.0 Å². The zero-order valence-corrected chi connectivity index (χ0v) is 18.1. The van der Waals surface area contributed by atoms with E-state index < -0.39 is 17.7 Å². The van der Waals surface area contributed by atoms with E-state index in [2.05, 4.69) is 25.9 Å². The van der Waals surface area contributed by atoms with Gasteiger partial charge in [0.05, 0.1) is 23.2 Å². The fraction of sp³-hybridized carbons (Fsp3) is 0.130. The predicted molar refractivity (Wildman–Crippen MR) is 117 cm³/mol. The van der Waals surface area contributed by atoms with Gasteiger partial charge in [-0.25, -0.2) is 0 Å². The number of hydrogen-bond donors (Lipinski definition) is 1. The van der Waals surface area contributed by atoms with Gasteiger partial charge in [-0.1, -0.05) is 0 Å². The number of halogens is 1. The predicted octanol–water partition coefficient (Wildman–Crippen LogP) is 3.87. The van der Waals surface area contributed by atoms with E-state index in [1.807, 2.05) is 0 Å². The number of nitrogens with zero attached hydrogens (tertiary/aromatic N) is 3. The van der Waals surface area contributed by atoms with Crippen molar-refractivity contribution in [3.63, 3.8) is 0 Å². The van der Waals surface area contributed by atoms with Gasteiger partial charge in [-0.15, -0.1) is 0 Å². The van der Waals surface area contributed by atoms with Gasteiger partial charge in [0.1, 0.15) is 11.5 Å². The summed E-state index contributed by atoms with van der Waals surface area (Å²) in [7, 11) is 1.54. The third-order valence-electron chi connectivity index (χ3n) is 5.09. The largest absolute Gasteiger partial charge is 0.507 e. The molecule has 3 aromatic rings. The number of carbonyl (C=O) groups is 2. The molecule has 1 aromatic carbocycles. The molecule has 156 valence electrons. The SMILES string of the molecule is COc1ccc(/C(O)=C2/C(=O)C(=O)N(Cc3ccncc3)C2c2ccncc2)cc1Br. The van der Waals surface area contributed by atoms with Gasteiger partial charge in [0.25, 0.3) is 11.7 Å². The number of aliphatic hydroxyl groups is 1. The van der Waals surface area contributed by atoms with Crippen LogP contribution in [0.15, 0.2) is 77.3 Å². The lowest BCUT2D eigenvalue weighted by Gasteiger charge is -2.25. The number of benzene rings is 1. The average Bonchev–Trinajstić information content (AvgIpc) is 3.04. The molecule has 1 aliphatic heterocycles. The number of methoxy groups -OCH3 is 1. The van der Waals surface area contributed by atoms with Gasteiger partial charge >= 0.3 is 0 Å². The summed E-state index contributed by atoms with van der Waals surface area (Å²) in [6.07, 6.45) is 6.43. The van der Waals surface area contributed by atoms with Crippen LogP contribution in [0.4, 0.5) is 0 Å². The van der Waals surface area contributed by atoms with Crippen LogP contribution in [0, 0.1) is 0 Å². The summed E-state index contributed by atoms with van der Waals surface area (Å²) in [6.45, 7) is 0.198. The summed E-state index contributed by atoms with van der Waals surface area (Å²) >= 11 is 3.39. The Morgan fingerprint density at radius 1 is 1.06 bits per heavy atom. The standard InChI is InChI=1S/C23H18BrN3O4/c1-31-18-3-2-16(12-17(18)24)21(28)19-20(15-6-10-26-11-7-15)27(23(30)22(19)29)13-14-4-8-25-9-5-14/h2-12,20,28H,13H2,1H3/b21-19-. The lowest BCUT2D eigenvalue weighted by atomic mass is 9.96. The number of rotatable bonds is 5. The number of hydrogen-bond acceptors (Lipinski definition) is 6. The number of ether oxygens (including phenoxy) is 1. The third kappa shape index (κ3) is 3.94. The van der Waals surface area contributed by atoms with E-state index in [1.54, 1.807) is 67.3 Å². The topological polar surface area (TPSA) is 92.6 Å². The summed E-state index contributed by atoms with van der Waals surface area (Å²) in [5.74, 6) is -1.07. The van der Waals surface area contributed by atoms with Gasteiger partial charge in [0.2, 0.25) is 0 Å². The molecule has 1 saturated heterocycles. The maximum Gasteiger partial charge on any atom is 0.295 e. The van der Waals surface area contributed by atoms with Crippen LogP contribution in [0.3, 0.4) is 0 Å². The van der Waals surface area contributed by atoms with Crippen LogP contribution in [0.5, 0.6) is 5.75 Å². The van der Waals surface area contributed by atoms with Crippen LogP contribution in [0.2, 0.25) is 0 Å². The summed E-state index contributed by atoms with van der Waals surface area (Å²) in [5, 5.41) is 11.1. The molecule has 0 aliphatic carbocycles. The molecule has 1 N–H and O–H groups in total. The van der Waals surface area contributed by atoms with Crippen molar-refractivity contribution < 1.29 is 19.4 Å². The van der Waals surface area contributed by atoms with Crippen LogP contribution >= 0.6 is 15.9 Å². The molecule has 3 heterocycles. The van der Waals surface area contributed by atoms with Crippen molar-refractivity contribution >= 4 is 33.4 Å². The van der Waals surface area contributed by atoms with Crippen LogP contribution in [0.1, 0.15) is 22.7 Å². The van der Waals surface area contributed by atoms with Crippen molar-refractivity contribution in [2.75, 3.05) is 7.11 Å². The average molecular weight is 480 g/mol. The normalized spacial score (nSPS) is 17.7. The Kier molecular flexibility index (Phi) is 5.81. The fourth-order valence-corrected chi connectivity index (χ4v) is 4.13. The first kappa shape index (κ1) is 20.7. The lowest BCUT2D eigenvalue weighted by molar-refractivity contribution is -0.140. The minimum Gasteiger partial charge on any atom is -0.507 e. The molecule has 1 unspecified atom stereocenters. The maximum atomic E-state index is 13.0. The van der Waals surface area contributed by atoms with Gasteiger partial charge in [-0.05, 0) is 69.5 Å². The van der Waals surface area contributed by atoms with Crippen LogP contribution in [0.25, 0.3) is 5.76 Å². The molecule has 0 spiro atoms. The van der Waals surface area contributed by atoms with E-state index in [9.17, 15) is 14.7 Å². The smallest absolute Gasteiger partial charge is 0.295 e. The first-order chi connectivity index (χ1) is 15.0. The Morgan fingerprint density at radius 3 is 2.32 bits per heavy atom. The van der Waals surface area contributed by atoms with Crippen LogP contribution < -0.4 is 4.74 Å². The summed E-state index contributed by atoms with van der Waals surface area (Å²) in [5.41, 5.74) is 1.93. The number of carbonyl (C=O) groups excluding carboxylic acids is 2. The summed E-state index contributed by atoms with van der Waals surface area (Å²) < 4.78 is 5.85. The molecule has 1 fully saturated rings. The summed E-state index contributed by atoms with van der Waals surface area (Å²) in [4.78, 5) is 35.5. The fourth-order valence-electron chi connectivity index (χ4n) is 3.59. The molecule has 1 atom stereocenters. The van der Waals surface area contributed by atoms with Gasteiger partial charge < -0.3 is 14.7 Å². The molecule has 1 amide bonds. The van der Waals surface area contributed by atoms with E-state index in [1.165, 1.54) is 12.0 Å². The van der Waals surface area contributed by atoms with E-state index in [0.29, 0.717) is 21.3 Å². The number of aliphatic hydroxyl groups excluding tert-OH is 1. The second-order valence-corrected chi connectivity index (χ2v) is 7.77. The molecular weight excluding hydrogens is 462 g/mol. The highest BCUT2D eigenvalue weighted by Gasteiger charge is 2.46. The highest BCUT2D eigenvalue weighted by Crippen LogP contribution is 2.40. The molecular formula is C23H18BrN3O4. The quantitative estimate of drug-likeness (QED) is 0.339. The Hall–Kier alpha value is -3.52. The van der Waals surface area contributed by atoms with Gasteiger partial charge in [-0.3, -0.25) is 19.6 Å². The van der Waals surface area contributed by atoms with Gasteiger partial charge in [0, 0.05) is 36.9 Å². The number of aromatic nitrogens is 2. The number of Topliss-reactive ketones (excluding diaryl/α,β-unsaturated/α-hetero) is 1. The second-order valence-electron chi connectivity index (χ2n) is 6.91. The molecule has 0 bridgehead atoms. The molecule has 0 radical (unpaired) electrons. The highest BCUT2D eigenvalue weighted by atomic mass is 79.9. The molecule has 0 saturated carbocycles. The number of likely N-dealkylation sites (tertiary alicyclic amines) is 1. The minimum absolute atomic E-state index is 0.0299. The molecule has 7 nitrogen and oxygen atoms in total. The Bertz CT molecular complexity index is 1170. The number of ketones is 1. The number of amides is 1. The number of pyridine rings is 2. The first-order valence-electron chi connectivity index (χ1n) is 9.42. The van der Waals surface area contributed by atoms with Gasteiger partial charge in [0.15, 0.2) is 0 Å². The molecule has 31 heavy (non-hydrogen) atoms. The van der Waals surface area contributed by atoms with Crippen LogP contribution in [-0.2, 0) is 16.1 Å². The monoisotopic (exact) mass is 479 g/mol. The Labute approximate surface area is 187 Å². The zero-order valence-electron chi connectivity index (χ0n) is 16.5. The van der Waals surface area contributed by atoms with Crippen LogP contribution in [-0.4, -0.2) is 38.8 Å². The highest BCUT2D eigenvalue weighted by molar-refractivity contribution is 9.10. The van der Waals surface area contributed by atoms with E-state index in [-0.39, 0.29) is 17.9 Å². The zero-order chi connectivity index (χ0) is 22.0. The molecule has 2 aromatic heterocycles. The molecule has 8 heteroatoms. The maximum absolute atomic E-state index is 13.0. The van der Waals surface area contributed by atoms with Crippen molar-refractivity contribution in [2.45, 2.75) is 12.6 Å². The van der Waals surface area contributed by atoms with E-state index in [0.717, 1.165) is 5.56 Å². The van der Waals surface area contributed by atoms with E-state index in [4.69, 9.17) is 4.74 Å². The Balaban J connectivity index is 1.85. The van der Waals surface area contributed by atoms with E-state index >= 15 is 0 Å². The Morgan fingerprint density at radius 2 is 1.71 bits per heavy atom.